The summed E-state index contributed by atoms with van der Waals surface area (Å²) in [7, 11) is 1.81. The van der Waals surface area contributed by atoms with Crippen LogP contribution in [0.15, 0.2) is 4.99 Å². The van der Waals surface area contributed by atoms with Gasteiger partial charge < -0.3 is 4.90 Å². The predicted molar refractivity (Wildman–Crippen MR) is 44.8 cm³/mol. The number of rotatable bonds is 0. The summed E-state index contributed by atoms with van der Waals surface area (Å²) >= 11 is 0. The van der Waals surface area contributed by atoms with Crippen molar-refractivity contribution in [3.05, 3.63) is 0 Å². The minimum atomic E-state index is -0.104. The van der Waals surface area contributed by atoms with Crippen molar-refractivity contribution in [3.8, 4) is 0 Å². The average Bonchev–Trinajstić information content (AvgIpc) is 1.81. The molecule has 0 bridgehead atoms. The molecule has 1 heterocycles. The third kappa shape index (κ3) is 1.59. The molecule has 0 unspecified atom stereocenters. The Labute approximate surface area is 67.1 Å². The summed E-state index contributed by atoms with van der Waals surface area (Å²) in [5, 5.41) is 0. The maximum Gasteiger partial charge on any atom is 0.267 e. The van der Waals surface area contributed by atoms with E-state index in [9.17, 15) is 4.79 Å². The maximum absolute atomic E-state index is 11.2. The molecule has 1 aliphatic rings. The first-order valence-corrected chi connectivity index (χ1v) is 3.74. The van der Waals surface area contributed by atoms with Crippen LogP contribution in [0.4, 0.5) is 0 Å². The van der Waals surface area contributed by atoms with Crippen LogP contribution in [0.2, 0.25) is 0 Å². The normalized spacial score (nSPS) is 23.5. The fraction of sp³-hybridized carbons (Fsp3) is 0.750. The fourth-order valence-electron chi connectivity index (χ4n) is 1.47. The van der Waals surface area contributed by atoms with Crippen molar-refractivity contribution in [2.75, 3.05) is 13.6 Å². The maximum atomic E-state index is 11.2. The molecule has 1 rings (SSSR count). The monoisotopic (exact) mass is 154 g/mol. The van der Waals surface area contributed by atoms with Gasteiger partial charge in [-0.2, -0.15) is 0 Å². The van der Waals surface area contributed by atoms with Gasteiger partial charge in [0, 0.05) is 13.6 Å². The molecule has 1 amide bonds. The molecule has 0 radical (unpaired) electrons. The lowest BCUT2D eigenvalue weighted by Crippen LogP contribution is -2.46. The van der Waals surface area contributed by atoms with Crippen LogP contribution >= 0.6 is 0 Å². The minimum Gasteiger partial charge on any atom is -0.338 e. The highest BCUT2D eigenvalue weighted by Gasteiger charge is 2.28. The molecule has 0 aromatic rings. The van der Waals surface area contributed by atoms with Crippen molar-refractivity contribution >= 4 is 11.6 Å². The Balaban J connectivity index is 2.94. The average molecular weight is 154 g/mol. The highest BCUT2D eigenvalue weighted by molar-refractivity contribution is 6.38. The SMILES string of the molecule is CC1=NC(C)(C)CN(C)C1=O. The second kappa shape index (κ2) is 2.32. The van der Waals surface area contributed by atoms with Crippen LogP contribution in [0.25, 0.3) is 0 Å². The summed E-state index contributed by atoms with van der Waals surface area (Å²) in [6, 6.07) is 0. The fourth-order valence-corrected chi connectivity index (χ4v) is 1.47. The van der Waals surface area contributed by atoms with Crippen LogP contribution in [-0.4, -0.2) is 35.7 Å². The number of likely N-dealkylation sites (N-methyl/N-ethyl adjacent to an activating group) is 1. The van der Waals surface area contributed by atoms with E-state index in [4.69, 9.17) is 0 Å². The first-order chi connectivity index (χ1) is 4.92. The topological polar surface area (TPSA) is 32.7 Å². The van der Waals surface area contributed by atoms with Crippen molar-refractivity contribution in [1.29, 1.82) is 0 Å². The van der Waals surface area contributed by atoms with Gasteiger partial charge >= 0.3 is 0 Å². The van der Waals surface area contributed by atoms with Crippen LogP contribution in [0, 0.1) is 0 Å². The Morgan fingerprint density at radius 3 is 2.55 bits per heavy atom. The molecule has 0 saturated heterocycles. The van der Waals surface area contributed by atoms with Gasteiger partial charge in [-0.15, -0.1) is 0 Å². The molecule has 3 nitrogen and oxygen atoms in total. The van der Waals surface area contributed by atoms with Gasteiger partial charge in [-0.1, -0.05) is 0 Å². The lowest BCUT2D eigenvalue weighted by Gasteiger charge is -2.32. The quantitative estimate of drug-likeness (QED) is 0.505. The number of carbonyl (C=O) groups excluding carboxylic acids is 1. The largest absolute Gasteiger partial charge is 0.338 e. The third-order valence-electron chi connectivity index (χ3n) is 1.75. The molecule has 11 heavy (non-hydrogen) atoms. The van der Waals surface area contributed by atoms with Crippen molar-refractivity contribution in [2.45, 2.75) is 26.3 Å². The van der Waals surface area contributed by atoms with Crippen molar-refractivity contribution in [2.24, 2.45) is 4.99 Å². The van der Waals surface area contributed by atoms with Gasteiger partial charge in [0.15, 0.2) is 0 Å². The van der Waals surface area contributed by atoms with E-state index in [2.05, 4.69) is 4.99 Å². The number of aliphatic imine (C=N–C) groups is 1. The van der Waals surface area contributed by atoms with Gasteiger partial charge in [-0.25, -0.2) is 0 Å². The van der Waals surface area contributed by atoms with E-state index >= 15 is 0 Å². The van der Waals surface area contributed by atoms with Gasteiger partial charge in [0.05, 0.1) is 11.3 Å². The van der Waals surface area contributed by atoms with E-state index in [1.165, 1.54) is 0 Å². The molecule has 1 aliphatic heterocycles. The summed E-state index contributed by atoms with van der Waals surface area (Å²) in [4.78, 5) is 17.2. The second-order valence-corrected chi connectivity index (χ2v) is 3.67. The zero-order chi connectivity index (χ0) is 8.65. The number of hydrogen-bond acceptors (Lipinski definition) is 2. The van der Waals surface area contributed by atoms with E-state index in [0.717, 1.165) is 0 Å². The molecule has 0 N–H and O–H groups in total. The second-order valence-electron chi connectivity index (χ2n) is 3.67. The summed E-state index contributed by atoms with van der Waals surface area (Å²) in [6.45, 7) is 6.53. The molecule has 0 spiro atoms. The van der Waals surface area contributed by atoms with E-state index in [-0.39, 0.29) is 11.4 Å². The highest BCUT2D eigenvalue weighted by Crippen LogP contribution is 2.15. The number of nitrogens with zero attached hydrogens (tertiary/aromatic N) is 2. The minimum absolute atomic E-state index is 0.0457. The Bertz CT molecular complexity index is 218. The molecule has 0 fully saturated rings. The van der Waals surface area contributed by atoms with E-state index in [1.807, 2.05) is 20.9 Å². The molecule has 0 aromatic carbocycles. The molecule has 0 atom stereocenters. The van der Waals surface area contributed by atoms with E-state index in [1.54, 1.807) is 11.8 Å². The third-order valence-corrected chi connectivity index (χ3v) is 1.75. The standard InChI is InChI=1S/C8H14N2O/c1-6-7(11)10(4)5-8(2,3)9-6/h5H2,1-4H3. The molecular formula is C8H14N2O. The lowest BCUT2D eigenvalue weighted by molar-refractivity contribution is -0.124. The first kappa shape index (κ1) is 8.24. The molecule has 62 valence electrons. The van der Waals surface area contributed by atoms with Gasteiger partial charge in [-0.05, 0) is 20.8 Å². The Kier molecular flexibility index (Phi) is 1.74. The molecule has 0 aliphatic carbocycles. The Hall–Kier alpha value is -0.860. The van der Waals surface area contributed by atoms with E-state index < -0.39 is 0 Å². The van der Waals surface area contributed by atoms with Crippen LogP contribution in [-0.2, 0) is 4.79 Å². The van der Waals surface area contributed by atoms with Crippen LogP contribution in [0.3, 0.4) is 0 Å². The molecule has 0 saturated carbocycles. The number of hydrogen-bond donors (Lipinski definition) is 0. The van der Waals surface area contributed by atoms with Crippen LogP contribution < -0.4 is 0 Å². The van der Waals surface area contributed by atoms with Crippen molar-refractivity contribution < 1.29 is 4.79 Å². The van der Waals surface area contributed by atoms with Gasteiger partial charge in [0.2, 0.25) is 0 Å². The number of carbonyl (C=O) groups is 1. The van der Waals surface area contributed by atoms with Crippen molar-refractivity contribution in [3.63, 3.8) is 0 Å². The summed E-state index contributed by atoms with van der Waals surface area (Å²) in [5.74, 6) is 0.0457. The van der Waals surface area contributed by atoms with E-state index in [0.29, 0.717) is 12.3 Å². The van der Waals surface area contributed by atoms with Gasteiger partial charge in [0.25, 0.3) is 5.91 Å². The van der Waals surface area contributed by atoms with Gasteiger partial charge in [0.1, 0.15) is 0 Å². The predicted octanol–water partition coefficient (Wildman–Crippen LogP) is 0.698. The van der Waals surface area contributed by atoms with Crippen LogP contribution in [0.5, 0.6) is 0 Å². The summed E-state index contributed by atoms with van der Waals surface area (Å²) in [6.07, 6.45) is 0. The highest BCUT2D eigenvalue weighted by atomic mass is 16.2. The molecule has 3 heteroatoms. The summed E-state index contributed by atoms with van der Waals surface area (Å²) < 4.78 is 0. The molecular weight excluding hydrogens is 140 g/mol. The lowest BCUT2D eigenvalue weighted by atomic mass is 10.0. The van der Waals surface area contributed by atoms with Crippen molar-refractivity contribution in [1.82, 2.24) is 4.90 Å². The zero-order valence-electron chi connectivity index (χ0n) is 7.51. The smallest absolute Gasteiger partial charge is 0.267 e. The van der Waals surface area contributed by atoms with Gasteiger partial charge in [-0.3, -0.25) is 9.79 Å². The first-order valence-electron chi connectivity index (χ1n) is 3.74. The molecule has 0 aromatic heterocycles. The zero-order valence-corrected chi connectivity index (χ0v) is 7.51. The summed E-state index contributed by atoms with van der Waals surface area (Å²) in [5.41, 5.74) is 0.510. The Morgan fingerprint density at radius 2 is 2.09 bits per heavy atom. The number of amides is 1. The Morgan fingerprint density at radius 1 is 1.55 bits per heavy atom. The van der Waals surface area contributed by atoms with Crippen LogP contribution in [0.1, 0.15) is 20.8 Å².